The Morgan fingerprint density at radius 3 is 2.12 bits per heavy atom. The van der Waals surface area contributed by atoms with E-state index in [1.165, 1.54) is 54.6 Å². The molecule has 0 bridgehead atoms. The lowest BCUT2D eigenvalue weighted by atomic mass is 10.0. The largest absolute Gasteiger partial charge is 0.444 e. The Kier molecular flexibility index (Phi) is 17.6. The summed E-state index contributed by atoms with van der Waals surface area (Å²) in [6.45, 7) is 4.13. The third-order valence-corrected chi connectivity index (χ3v) is 10.2. The molecule has 1 aliphatic heterocycles. The first-order valence-corrected chi connectivity index (χ1v) is 20.6. The molecular formula is C47H59FN6O3. The van der Waals surface area contributed by atoms with Gasteiger partial charge in [0, 0.05) is 44.9 Å². The van der Waals surface area contributed by atoms with Crippen molar-refractivity contribution in [1.82, 2.24) is 19.1 Å². The number of nitrogens with zero attached hydrogens (tertiary/aromatic N) is 6. The van der Waals surface area contributed by atoms with Gasteiger partial charge in [-0.25, -0.2) is 18.9 Å². The average Bonchev–Trinajstić information content (AvgIpc) is 3.59. The Balaban J connectivity index is 1.03. The summed E-state index contributed by atoms with van der Waals surface area (Å²) in [7, 11) is 1.94. The Morgan fingerprint density at radius 1 is 0.825 bits per heavy atom. The molecule has 9 nitrogen and oxygen atoms in total. The van der Waals surface area contributed by atoms with E-state index >= 15 is 0 Å². The molecule has 0 atom stereocenters. The van der Waals surface area contributed by atoms with Crippen LogP contribution in [-0.4, -0.2) is 51.3 Å². The van der Waals surface area contributed by atoms with Crippen LogP contribution in [0.1, 0.15) is 89.5 Å². The van der Waals surface area contributed by atoms with Crippen LogP contribution in [-0.2, 0) is 22.8 Å². The van der Waals surface area contributed by atoms with Crippen LogP contribution in [0.4, 0.5) is 16.3 Å². The molecule has 0 radical (unpaired) electrons. The van der Waals surface area contributed by atoms with Crippen LogP contribution in [0.15, 0.2) is 126 Å². The first-order chi connectivity index (χ1) is 27.9. The van der Waals surface area contributed by atoms with E-state index in [1.807, 2.05) is 48.4 Å². The second-order valence-corrected chi connectivity index (χ2v) is 14.4. The van der Waals surface area contributed by atoms with Crippen LogP contribution < -0.4 is 15.4 Å². The third kappa shape index (κ3) is 13.6. The van der Waals surface area contributed by atoms with Gasteiger partial charge in [0.15, 0.2) is 6.73 Å². The number of fused-ring (bicyclic) bond motifs is 1. The molecule has 2 aromatic carbocycles. The van der Waals surface area contributed by atoms with Crippen molar-refractivity contribution in [2.24, 2.45) is 0 Å². The van der Waals surface area contributed by atoms with E-state index in [1.54, 1.807) is 0 Å². The standard InChI is InChI=1S/C47H59FN6O3/c1-3-4-5-6-7-8-9-10-11-12-13-14-15-16-17-18-19-20-21-26-45(56)57-38-54-44(55)31-34-49-46(54)51(2)41-32-35-52(36-33-41)47-50-42-24-22-23-25-43(42)53(47)37-39-27-29-40(48)30-28-39/h7-8,10-11,13-14,16-17,19-20,22-25,27-31,34,41H,3-6,9,12,15,18,21,26,32-33,35-38H2,1-2H3. The second-order valence-electron chi connectivity index (χ2n) is 14.4. The summed E-state index contributed by atoms with van der Waals surface area (Å²) >= 11 is 0. The summed E-state index contributed by atoms with van der Waals surface area (Å²) in [5.74, 6) is 0.734. The van der Waals surface area contributed by atoms with Gasteiger partial charge in [-0.1, -0.05) is 105 Å². The minimum Gasteiger partial charge on any atom is -0.444 e. The summed E-state index contributed by atoms with van der Waals surface area (Å²) in [6, 6.07) is 16.2. The normalized spacial score (nSPS) is 14.1. The number of piperidine rings is 1. The number of hydrogen-bond acceptors (Lipinski definition) is 7. The summed E-state index contributed by atoms with van der Waals surface area (Å²) in [6.07, 6.45) is 34.3. The SMILES string of the molecule is CCCCCC=CCC=CCC=CCC=CCC=CCCC(=O)OCn1c(N(C)C2CCN(c3nc4ccccc4n3Cc3ccc(F)cc3)CC2)nccc1=O. The molecule has 0 aliphatic carbocycles. The van der Waals surface area contributed by atoms with E-state index in [4.69, 9.17) is 9.72 Å². The fraction of sp³-hybridized carbons (Fsp3) is 0.404. The maximum absolute atomic E-state index is 13.6. The Bertz CT molecular complexity index is 2040. The van der Waals surface area contributed by atoms with Crippen molar-refractivity contribution >= 4 is 28.9 Å². The zero-order chi connectivity index (χ0) is 40.1. The van der Waals surface area contributed by atoms with Crippen LogP contribution in [0.25, 0.3) is 11.0 Å². The fourth-order valence-corrected chi connectivity index (χ4v) is 6.92. The lowest BCUT2D eigenvalue weighted by Crippen LogP contribution is -2.46. The van der Waals surface area contributed by atoms with E-state index in [2.05, 4.69) is 82.1 Å². The van der Waals surface area contributed by atoms with Gasteiger partial charge in [0.25, 0.3) is 5.56 Å². The van der Waals surface area contributed by atoms with Crippen molar-refractivity contribution in [3.8, 4) is 0 Å². The molecule has 0 N–H and O–H groups in total. The Hall–Kier alpha value is -5.51. The van der Waals surface area contributed by atoms with Crippen molar-refractivity contribution in [3.05, 3.63) is 143 Å². The van der Waals surface area contributed by atoms with Gasteiger partial charge in [-0.05, 0) is 87.6 Å². The highest BCUT2D eigenvalue weighted by Gasteiger charge is 2.28. The molecule has 0 amide bonds. The Morgan fingerprint density at radius 2 is 1.46 bits per heavy atom. The molecule has 0 spiro atoms. The number of imidazole rings is 1. The van der Waals surface area contributed by atoms with Gasteiger partial charge < -0.3 is 19.1 Å². The summed E-state index contributed by atoms with van der Waals surface area (Å²) in [5, 5.41) is 0. The molecule has 4 aromatic rings. The zero-order valence-corrected chi connectivity index (χ0v) is 33.7. The van der Waals surface area contributed by atoms with Gasteiger partial charge >= 0.3 is 5.97 Å². The number of carbonyl (C=O) groups is 1. The molecular weight excluding hydrogens is 716 g/mol. The topological polar surface area (TPSA) is 85.5 Å². The number of aromatic nitrogens is 4. The first kappa shape index (κ1) is 42.6. The lowest BCUT2D eigenvalue weighted by molar-refractivity contribution is -0.147. The molecule has 10 heteroatoms. The minimum absolute atomic E-state index is 0.113. The van der Waals surface area contributed by atoms with Crippen LogP contribution in [0.3, 0.4) is 0 Å². The smallest absolute Gasteiger partial charge is 0.307 e. The number of carbonyl (C=O) groups excluding carboxylic acids is 1. The van der Waals surface area contributed by atoms with E-state index in [9.17, 15) is 14.0 Å². The van der Waals surface area contributed by atoms with Crippen molar-refractivity contribution in [3.63, 3.8) is 0 Å². The number of allylic oxidation sites excluding steroid dienone is 10. The predicted octanol–water partition coefficient (Wildman–Crippen LogP) is 10.1. The van der Waals surface area contributed by atoms with Gasteiger partial charge in [-0.2, -0.15) is 0 Å². The van der Waals surface area contributed by atoms with Crippen molar-refractivity contribution in [1.29, 1.82) is 0 Å². The lowest BCUT2D eigenvalue weighted by Gasteiger charge is -2.38. The average molecular weight is 775 g/mol. The molecule has 0 saturated carbocycles. The van der Waals surface area contributed by atoms with Crippen LogP contribution in [0, 0.1) is 5.82 Å². The van der Waals surface area contributed by atoms with E-state index < -0.39 is 0 Å². The monoisotopic (exact) mass is 774 g/mol. The van der Waals surface area contributed by atoms with Gasteiger partial charge in [0.05, 0.1) is 17.6 Å². The second kappa shape index (κ2) is 23.5. The molecule has 2 aromatic heterocycles. The van der Waals surface area contributed by atoms with Crippen molar-refractivity contribution in [2.45, 2.75) is 103 Å². The zero-order valence-electron chi connectivity index (χ0n) is 33.7. The number of ether oxygens (including phenoxy) is 1. The van der Waals surface area contributed by atoms with Crippen molar-refractivity contribution in [2.75, 3.05) is 29.9 Å². The molecule has 3 heterocycles. The third-order valence-electron chi connectivity index (χ3n) is 10.2. The molecule has 302 valence electrons. The highest BCUT2D eigenvalue weighted by molar-refractivity contribution is 5.79. The molecule has 5 rings (SSSR count). The number of unbranched alkanes of at least 4 members (excludes halogenated alkanes) is 3. The Labute approximate surface area is 337 Å². The summed E-state index contributed by atoms with van der Waals surface area (Å²) < 4.78 is 22.8. The number of halogens is 1. The quantitative estimate of drug-likeness (QED) is 0.0447. The van der Waals surface area contributed by atoms with E-state index in [-0.39, 0.29) is 36.5 Å². The maximum Gasteiger partial charge on any atom is 0.307 e. The fourth-order valence-electron chi connectivity index (χ4n) is 6.92. The van der Waals surface area contributed by atoms with Gasteiger partial charge in [-0.3, -0.25) is 9.59 Å². The van der Waals surface area contributed by atoms with E-state index in [0.29, 0.717) is 18.9 Å². The highest BCUT2D eigenvalue weighted by atomic mass is 19.1. The molecule has 0 unspecified atom stereocenters. The number of esters is 1. The van der Waals surface area contributed by atoms with Crippen molar-refractivity contribution < 1.29 is 13.9 Å². The number of anilines is 2. The number of benzene rings is 2. The highest BCUT2D eigenvalue weighted by Crippen LogP contribution is 2.28. The maximum atomic E-state index is 13.6. The molecule has 1 aliphatic rings. The number of rotatable bonds is 22. The van der Waals surface area contributed by atoms with E-state index in [0.717, 1.165) is 74.2 Å². The van der Waals surface area contributed by atoms with Crippen LogP contribution >= 0.6 is 0 Å². The van der Waals surface area contributed by atoms with Gasteiger partial charge in [0.1, 0.15) is 5.82 Å². The predicted molar refractivity (Wildman–Crippen MR) is 231 cm³/mol. The molecule has 1 fully saturated rings. The molecule has 1 saturated heterocycles. The van der Waals surface area contributed by atoms with Crippen LogP contribution in [0.2, 0.25) is 0 Å². The summed E-state index contributed by atoms with van der Waals surface area (Å²) in [5.41, 5.74) is 2.67. The molecule has 57 heavy (non-hydrogen) atoms. The van der Waals surface area contributed by atoms with Crippen LogP contribution in [0.5, 0.6) is 0 Å². The van der Waals surface area contributed by atoms with Gasteiger partial charge in [-0.15, -0.1) is 0 Å². The number of para-hydroxylation sites is 2. The minimum atomic E-state index is -0.362. The number of hydrogen-bond donors (Lipinski definition) is 0. The summed E-state index contributed by atoms with van der Waals surface area (Å²) in [4.78, 5) is 39.4. The first-order valence-electron chi connectivity index (χ1n) is 20.6. The van der Waals surface area contributed by atoms with Gasteiger partial charge in [0.2, 0.25) is 11.9 Å².